The lowest BCUT2D eigenvalue weighted by Crippen LogP contribution is -2.29. The molecular formula is C19H20F2N2O4. The van der Waals surface area contributed by atoms with Crippen LogP contribution in [0.3, 0.4) is 0 Å². The summed E-state index contributed by atoms with van der Waals surface area (Å²) in [6.45, 7) is -2.30. The van der Waals surface area contributed by atoms with Gasteiger partial charge in [-0.25, -0.2) is 4.79 Å². The first-order valence-electron chi connectivity index (χ1n) is 8.08. The number of likely N-dealkylation sites (N-methyl/N-ethyl adjacent to an activating group) is 1. The third kappa shape index (κ3) is 6.67. The minimum absolute atomic E-state index is 0.0830. The Bertz CT molecular complexity index is 782. The van der Waals surface area contributed by atoms with E-state index in [1.165, 1.54) is 25.3 Å². The molecule has 0 aliphatic carbocycles. The Balaban J connectivity index is 1.87. The summed E-state index contributed by atoms with van der Waals surface area (Å²) in [6.07, 6.45) is 0. The monoisotopic (exact) mass is 378 g/mol. The summed E-state index contributed by atoms with van der Waals surface area (Å²) in [7, 11) is 3.04. The molecule has 1 amide bonds. The van der Waals surface area contributed by atoms with Gasteiger partial charge in [0.2, 0.25) is 5.91 Å². The summed E-state index contributed by atoms with van der Waals surface area (Å²) in [5.41, 5.74) is 1.68. The van der Waals surface area contributed by atoms with Crippen molar-refractivity contribution in [1.29, 1.82) is 0 Å². The van der Waals surface area contributed by atoms with Crippen molar-refractivity contribution in [3.05, 3.63) is 59.7 Å². The van der Waals surface area contributed by atoms with Gasteiger partial charge < -0.3 is 14.8 Å². The van der Waals surface area contributed by atoms with Crippen LogP contribution in [-0.4, -0.2) is 44.1 Å². The molecule has 0 radical (unpaired) electrons. The average Bonchev–Trinajstić information content (AvgIpc) is 2.62. The molecule has 0 bridgehead atoms. The zero-order chi connectivity index (χ0) is 19.8. The van der Waals surface area contributed by atoms with Crippen molar-refractivity contribution in [2.75, 3.05) is 26.0 Å². The Kier molecular flexibility index (Phi) is 7.25. The van der Waals surface area contributed by atoms with Gasteiger partial charge in [0.25, 0.3) is 0 Å². The number of esters is 1. The number of methoxy groups -OCH3 is 1. The number of hydrogen-bond acceptors (Lipinski definition) is 5. The summed E-state index contributed by atoms with van der Waals surface area (Å²) < 4.78 is 33.2. The Morgan fingerprint density at radius 3 is 2.48 bits per heavy atom. The molecule has 0 spiro atoms. The van der Waals surface area contributed by atoms with Gasteiger partial charge in [0, 0.05) is 12.2 Å². The average molecular weight is 378 g/mol. The largest absolute Gasteiger partial charge is 0.465 e. The molecule has 0 aliphatic rings. The van der Waals surface area contributed by atoms with E-state index in [4.69, 9.17) is 0 Å². The fourth-order valence-corrected chi connectivity index (χ4v) is 2.43. The van der Waals surface area contributed by atoms with Gasteiger partial charge in [-0.15, -0.1) is 0 Å². The molecule has 0 unspecified atom stereocenters. The molecule has 0 saturated carbocycles. The van der Waals surface area contributed by atoms with Crippen molar-refractivity contribution in [2.24, 2.45) is 0 Å². The van der Waals surface area contributed by atoms with Crippen molar-refractivity contribution < 1.29 is 27.8 Å². The van der Waals surface area contributed by atoms with E-state index in [9.17, 15) is 18.4 Å². The van der Waals surface area contributed by atoms with Crippen LogP contribution in [-0.2, 0) is 16.1 Å². The van der Waals surface area contributed by atoms with Crippen molar-refractivity contribution in [1.82, 2.24) is 4.90 Å². The molecule has 0 heterocycles. The molecule has 8 heteroatoms. The van der Waals surface area contributed by atoms with E-state index in [0.717, 1.165) is 5.56 Å². The number of carbonyl (C=O) groups excluding carboxylic acids is 2. The van der Waals surface area contributed by atoms with Gasteiger partial charge in [-0.3, -0.25) is 9.69 Å². The van der Waals surface area contributed by atoms with Crippen LogP contribution in [0, 0.1) is 0 Å². The number of ether oxygens (including phenoxy) is 2. The fourth-order valence-electron chi connectivity index (χ4n) is 2.43. The SMILES string of the molecule is COC(=O)c1cccc(NC(=O)CN(C)Cc2ccc(OC(F)F)cc2)c1. The molecule has 0 aromatic heterocycles. The maximum absolute atomic E-state index is 12.2. The van der Waals surface area contributed by atoms with Crippen LogP contribution < -0.4 is 10.1 Å². The number of hydrogen-bond donors (Lipinski definition) is 1. The molecule has 6 nitrogen and oxygen atoms in total. The van der Waals surface area contributed by atoms with Crippen molar-refractivity contribution in [3.8, 4) is 5.75 Å². The molecule has 27 heavy (non-hydrogen) atoms. The van der Waals surface area contributed by atoms with Gasteiger partial charge in [0.05, 0.1) is 19.2 Å². The lowest BCUT2D eigenvalue weighted by molar-refractivity contribution is -0.117. The Morgan fingerprint density at radius 2 is 1.85 bits per heavy atom. The van der Waals surface area contributed by atoms with E-state index in [1.54, 1.807) is 42.3 Å². The van der Waals surface area contributed by atoms with Crippen molar-refractivity contribution in [2.45, 2.75) is 13.2 Å². The second kappa shape index (κ2) is 9.63. The highest BCUT2D eigenvalue weighted by atomic mass is 19.3. The van der Waals surface area contributed by atoms with Gasteiger partial charge in [-0.05, 0) is 42.9 Å². The van der Waals surface area contributed by atoms with Gasteiger partial charge in [-0.2, -0.15) is 8.78 Å². The summed E-state index contributed by atoms with van der Waals surface area (Å²) >= 11 is 0. The first-order chi connectivity index (χ1) is 12.9. The van der Waals surface area contributed by atoms with E-state index in [1.807, 2.05) is 0 Å². The summed E-state index contributed by atoms with van der Waals surface area (Å²) in [4.78, 5) is 25.5. The van der Waals surface area contributed by atoms with Crippen LogP contribution in [0.15, 0.2) is 48.5 Å². The van der Waals surface area contributed by atoms with Crippen LogP contribution in [0.4, 0.5) is 14.5 Å². The van der Waals surface area contributed by atoms with E-state index < -0.39 is 12.6 Å². The molecule has 0 fully saturated rings. The third-order valence-electron chi connectivity index (χ3n) is 3.58. The molecule has 0 aliphatic heterocycles. The standard InChI is InChI=1S/C19H20F2N2O4/c1-23(11-13-6-8-16(9-7-13)27-19(20)21)12-17(24)22-15-5-3-4-14(10-15)18(25)26-2/h3-10,19H,11-12H2,1-2H3,(H,22,24). The zero-order valence-electron chi connectivity index (χ0n) is 14.9. The van der Waals surface area contributed by atoms with Crippen molar-refractivity contribution >= 4 is 17.6 Å². The van der Waals surface area contributed by atoms with Gasteiger partial charge in [0.15, 0.2) is 0 Å². The van der Waals surface area contributed by atoms with E-state index >= 15 is 0 Å². The molecule has 144 valence electrons. The second-order valence-electron chi connectivity index (χ2n) is 5.82. The highest BCUT2D eigenvalue weighted by Crippen LogP contribution is 2.16. The Morgan fingerprint density at radius 1 is 1.15 bits per heavy atom. The predicted octanol–water partition coefficient (Wildman–Crippen LogP) is 3.15. The van der Waals surface area contributed by atoms with Crippen LogP contribution >= 0.6 is 0 Å². The fraction of sp³-hybridized carbons (Fsp3) is 0.263. The second-order valence-corrected chi connectivity index (χ2v) is 5.82. The molecule has 0 saturated heterocycles. The zero-order valence-corrected chi connectivity index (χ0v) is 14.9. The number of alkyl halides is 2. The molecule has 2 aromatic carbocycles. The lowest BCUT2D eigenvalue weighted by atomic mass is 10.2. The predicted molar refractivity (Wildman–Crippen MR) is 95.8 cm³/mol. The normalized spacial score (nSPS) is 10.7. The smallest absolute Gasteiger partial charge is 0.387 e. The molecule has 0 atom stereocenters. The number of benzene rings is 2. The minimum Gasteiger partial charge on any atom is -0.465 e. The minimum atomic E-state index is -2.86. The van der Waals surface area contributed by atoms with Gasteiger partial charge in [0.1, 0.15) is 5.75 Å². The van der Waals surface area contributed by atoms with Crippen LogP contribution in [0.5, 0.6) is 5.75 Å². The molecule has 2 rings (SSSR count). The number of nitrogens with one attached hydrogen (secondary N) is 1. The molecular weight excluding hydrogens is 358 g/mol. The number of halogens is 2. The maximum Gasteiger partial charge on any atom is 0.387 e. The van der Waals surface area contributed by atoms with E-state index in [2.05, 4.69) is 14.8 Å². The first-order valence-corrected chi connectivity index (χ1v) is 8.08. The number of anilines is 1. The van der Waals surface area contributed by atoms with Gasteiger partial charge in [-0.1, -0.05) is 18.2 Å². The Hall–Kier alpha value is -3.00. The number of nitrogens with zero attached hydrogens (tertiary/aromatic N) is 1. The quantitative estimate of drug-likeness (QED) is 0.715. The van der Waals surface area contributed by atoms with Crippen LogP contribution in [0.2, 0.25) is 0 Å². The van der Waals surface area contributed by atoms with Crippen molar-refractivity contribution in [3.63, 3.8) is 0 Å². The number of rotatable bonds is 8. The number of amides is 1. The summed E-state index contributed by atoms with van der Waals surface area (Å²) in [5.74, 6) is -0.653. The summed E-state index contributed by atoms with van der Waals surface area (Å²) in [5, 5.41) is 2.72. The van der Waals surface area contributed by atoms with Crippen LogP contribution in [0.1, 0.15) is 15.9 Å². The molecule has 1 N–H and O–H groups in total. The third-order valence-corrected chi connectivity index (χ3v) is 3.58. The topological polar surface area (TPSA) is 67.9 Å². The van der Waals surface area contributed by atoms with E-state index in [-0.39, 0.29) is 18.2 Å². The highest BCUT2D eigenvalue weighted by Gasteiger charge is 2.11. The van der Waals surface area contributed by atoms with Crippen LogP contribution in [0.25, 0.3) is 0 Å². The Labute approximate surface area is 155 Å². The molecule has 2 aromatic rings. The maximum atomic E-state index is 12.2. The van der Waals surface area contributed by atoms with E-state index in [0.29, 0.717) is 17.8 Å². The van der Waals surface area contributed by atoms with Gasteiger partial charge >= 0.3 is 12.6 Å². The lowest BCUT2D eigenvalue weighted by Gasteiger charge is -2.17. The number of carbonyl (C=O) groups is 2. The summed E-state index contributed by atoms with van der Waals surface area (Å²) in [6, 6.07) is 12.7. The first kappa shape index (κ1) is 20.3. The highest BCUT2D eigenvalue weighted by molar-refractivity contribution is 5.95.